The molecule has 1 aromatic heterocycles. The first-order chi connectivity index (χ1) is 25.2. The molecule has 5 rings (SSSR count). The van der Waals surface area contributed by atoms with E-state index in [1.807, 2.05) is 36.6 Å². The molecule has 276 valence electrons. The zero-order valence-corrected chi connectivity index (χ0v) is 28.7. The molecule has 13 heteroatoms. The molecule has 0 saturated heterocycles. The highest BCUT2D eigenvalue weighted by atomic mass is 19.1. The second-order valence-corrected chi connectivity index (χ2v) is 12.7. The lowest BCUT2D eigenvalue weighted by Gasteiger charge is -2.20. The number of aliphatic carboxylic acids is 1. The zero-order valence-electron chi connectivity index (χ0n) is 28.7. The van der Waals surface area contributed by atoms with Crippen molar-refractivity contribution in [1.29, 1.82) is 0 Å². The SMILES string of the molecule is CC(C)c1c(C(=O)Nc2ccc(OC(=O)c3c(F)cc(F)cc3F)cc2)c(-c2ccccc2)c(-c2ccc(F)cc2)n1CCC(O)CC(O)CC(=O)O. The number of esters is 1. The summed E-state index contributed by atoms with van der Waals surface area (Å²) < 4.78 is 62.7. The van der Waals surface area contributed by atoms with E-state index in [0.717, 1.165) is 0 Å². The molecule has 0 aliphatic carbocycles. The Kier molecular flexibility index (Phi) is 12.1. The summed E-state index contributed by atoms with van der Waals surface area (Å²) in [6.07, 6.45) is -2.99. The van der Waals surface area contributed by atoms with Gasteiger partial charge in [0, 0.05) is 35.6 Å². The number of carboxylic acids is 1. The van der Waals surface area contributed by atoms with Crippen LogP contribution in [-0.4, -0.2) is 49.9 Å². The van der Waals surface area contributed by atoms with E-state index in [2.05, 4.69) is 5.32 Å². The van der Waals surface area contributed by atoms with Gasteiger partial charge in [-0.25, -0.2) is 22.4 Å². The van der Waals surface area contributed by atoms with Crippen LogP contribution in [0.3, 0.4) is 0 Å². The number of carboxylic acid groups (broad SMARTS) is 1. The number of rotatable bonds is 14. The average Bonchev–Trinajstić information content (AvgIpc) is 3.44. The Labute approximate surface area is 302 Å². The third-order valence-corrected chi connectivity index (χ3v) is 8.43. The molecular formula is C40H36F4N2O7. The van der Waals surface area contributed by atoms with Crippen molar-refractivity contribution < 1.29 is 52.0 Å². The molecule has 0 aliphatic rings. The molecule has 0 aliphatic heterocycles. The van der Waals surface area contributed by atoms with Crippen LogP contribution >= 0.6 is 0 Å². The Morgan fingerprint density at radius 3 is 1.98 bits per heavy atom. The molecular weight excluding hydrogens is 696 g/mol. The lowest BCUT2D eigenvalue weighted by atomic mass is 9.94. The number of ether oxygens (including phenoxy) is 1. The Morgan fingerprint density at radius 1 is 0.774 bits per heavy atom. The molecule has 4 aromatic carbocycles. The fourth-order valence-corrected chi connectivity index (χ4v) is 6.18. The minimum absolute atomic E-state index is 0.0838. The molecule has 5 aromatic rings. The number of aliphatic hydroxyl groups is 2. The summed E-state index contributed by atoms with van der Waals surface area (Å²) in [6.45, 7) is 3.91. The predicted molar refractivity (Wildman–Crippen MR) is 189 cm³/mol. The van der Waals surface area contributed by atoms with E-state index in [9.17, 15) is 42.2 Å². The van der Waals surface area contributed by atoms with Crippen molar-refractivity contribution in [3.63, 3.8) is 0 Å². The third-order valence-electron chi connectivity index (χ3n) is 8.43. The number of aliphatic hydroxyl groups excluding tert-OH is 2. The first-order valence-electron chi connectivity index (χ1n) is 16.7. The fraction of sp³-hybridized carbons (Fsp3) is 0.225. The van der Waals surface area contributed by atoms with Crippen molar-refractivity contribution in [2.75, 3.05) is 5.32 Å². The number of hydrogen-bond donors (Lipinski definition) is 4. The van der Waals surface area contributed by atoms with E-state index >= 15 is 0 Å². The number of anilines is 1. The van der Waals surface area contributed by atoms with Crippen LogP contribution in [0.2, 0.25) is 0 Å². The highest BCUT2D eigenvalue weighted by molar-refractivity contribution is 6.12. The lowest BCUT2D eigenvalue weighted by molar-refractivity contribution is -0.139. The van der Waals surface area contributed by atoms with Crippen LogP contribution in [0.15, 0.2) is 91.0 Å². The van der Waals surface area contributed by atoms with Gasteiger partial charge in [0.25, 0.3) is 5.91 Å². The molecule has 1 amide bonds. The third kappa shape index (κ3) is 9.18. The van der Waals surface area contributed by atoms with Gasteiger partial charge in [0.15, 0.2) is 0 Å². The van der Waals surface area contributed by atoms with Crippen molar-refractivity contribution in [2.45, 2.75) is 57.8 Å². The molecule has 1 heterocycles. The standard InChI is InChI=1S/C40H36F4N2O7/c1-22(2)37-36(39(51)45-27-12-14-30(15-13-27)53-40(52)35-31(43)18-26(42)19-32(35)44)34(23-6-4-3-5-7-23)38(24-8-10-25(41)11-9-24)46(37)17-16-28(47)20-29(48)21-33(49)50/h3-15,18-19,22,28-29,47-48H,16-17,20-21H2,1-2H3,(H,45,51)(H,49,50). The smallest absolute Gasteiger partial charge is 0.349 e. The van der Waals surface area contributed by atoms with Gasteiger partial charge in [0.05, 0.1) is 29.9 Å². The van der Waals surface area contributed by atoms with Crippen LogP contribution in [0, 0.1) is 23.3 Å². The number of nitrogens with one attached hydrogen (secondary N) is 1. The van der Waals surface area contributed by atoms with Crippen LogP contribution in [-0.2, 0) is 11.3 Å². The maximum Gasteiger partial charge on any atom is 0.349 e. The molecule has 53 heavy (non-hydrogen) atoms. The van der Waals surface area contributed by atoms with Gasteiger partial charge in [-0.05, 0) is 78.4 Å². The molecule has 0 fully saturated rings. The highest BCUT2D eigenvalue weighted by Gasteiger charge is 2.31. The van der Waals surface area contributed by atoms with Gasteiger partial charge in [0.1, 0.15) is 34.6 Å². The van der Waals surface area contributed by atoms with E-state index < -0.39 is 65.3 Å². The maximum atomic E-state index is 14.4. The van der Waals surface area contributed by atoms with Gasteiger partial charge in [-0.1, -0.05) is 44.2 Å². The number of amides is 1. The van der Waals surface area contributed by atoms with E-state index in [1.54, 1.807) is 24.3 Å². The average molecular weight is 733 g/mol. The minimum atomic E-state index is -1.43. The monoisotopic (exact) mass is 732 g/mol. The summed E-state index contributed by atoms with van der Waals surface area (Å²) in [5.74, 6) is -8.04. The molecule has 2 unspecified atom stereocenters. The van der Waals surface area contributed by atoms with Crippen LogP contribution in [0.5, 0.6) is 5.75 Å². The van der Waals surface area contributed by atoms with Gasteiger partial charge >= 0.3 is 11.9 Å². The molecule has 0 spiro atoms. The van der Waals surface area contributed by atoms with Crippen LogP contribution in [0.4, 0.5) is 23.2 Å². The van der Waals surface area contributed by atoms with E-state index in [4.69, 9.17) is 9.84 Å². The van der Waals surface area contributed by atoms with Crippen molar-refractivity contribution in [2.24, 2.45) is 0 Å². The largest absolute Gasteiger partial charge is 0.481 e. The van der Waals surface area contributed by atoms with Crippen LogP contribution in [0.1, 0.15) is 65.4 Å². The van der Waals surface area contributed by atoms with Crippen molar-refractivity contribution in [3.05, 3.63) is 131 Å². The van der Waals surface area contributed by atoms with Gasteiger partial charge in [-0.2, -0.15) is 0 Å². The predicted octanol–water partition coefficient (Wildman–Crippen LogP) is 7.95. The van der Waals surface area contributed by atoms with Crippen molar-refractivity contribution >= 4 is 23.5 Å². The quantitative estimate of drug-likeness (QED) is 0.0517. The van der Waals surface area contributed by atoms with Gasteiger partial charge in [-0.3, -0.25) is 9.59 Å². The minimum Gasteiger partial charge on any atom is -0.481 e. The lowest BCUT2D eigenvalue weighted by Crippen LogP contribution is -2.22. The zero-order chi connectivity index (χ0) is 38.4. The number of benzene rings is 4. The van der Waals surface area contributed by atoms with Crippen LogP contribution in [0.25, 0.3) is 22.4 Å². The number of aromatic nitrogens is 1. The molecule has 4 N–H and O–H groups in total. The highest BCUT2D eigenvalue weighted by Crippen LogP contribution is 2.43. The molecule has 0 radical (unpaired) electrons. The normalized spacial score (nSPS) is 12.4. The number of carbonyl (C=O) groups is 3. The summed E-state index contributed by atoms with van der Waals surface area (Å²) in [5, 5.41) is 32.9. The summed E-state index contributed by atoms with van der Waals surface area (Å²) in [4.78, 5) is 37.9. The summed E-state index contributed by atoms with van der Waals surface area (Å²) in [6, 6.07) is 20.9. The van der Waals surface area contributed by atoms with E-state index in [-0.39, 0.29) is 42.3 Å². The first-order valence-corrected chi connectivity index (χ1v) is 16.7. The Balaban J connectivity index is 1.53. The summed E-state index contributed by atoms with van der Waals surface area (Å²) in [5.41, 5.74) is 2.38. The molecule has 2 atom stereocenters. The number of hydrogen-bond acceptors (Lipinski definition) is 6. The Hall–Kier alpha value is -5.79. The summed E-state index contributed by atoms with van der Waals surface area (Å²) in [7, 11) is 0. The Bertz CT molecular complexity index is 2080. The molecule has 0 bridgehead atoms. The maximum absolute atomic E-state index is 14.4. The van der Waals surface area contributed by atoms with Gasteiger partial charge in [0.2, 0.25) is 0 Å². The molecule has 0 saturated carbocycles. The van der Waals surface area contributed by atoms with E-state index in [1.165, 1.54) is 36.4 Å². The fourth-order valence-electron chi connectivity index (χ4n) is 6.18. The summed E-state index contributed by atoms with van der Waals surface area (Å²) >= 11 is 0. The number of carbonyl (C=O) groups excluding carboxylic acids is 2. The van der Waals surface area contributed by atoms with E-state index in [0.29, 0.717) is 40.2 Å². The number of nitrogens with zero attached hydrogens (tertiary/aromatic N) is 1. The first kappa shape index (κ1) is 38.4. The second kappa shape index (κ2) is 16.7. The molecule has 9 nitrogen and oxygen atoms in total. The van der Waals surface area contributed by atoms with Gasteiger partial charge < -0.3 is 29.9 Å². The van der Waals surface area contributed by atoms with Crippen molar-refractivity contribution in [3.8, 4) is 28.1 Å². The second-order valence-electron chi connectivity index (χ2n) is 12.7. The Morgan fingerprint density at radius 2 is 1.40 bits per heavy atom. The topological polar surface area (TPSA) is 138 Å². The number of halogens is 4. The van der Waals surface area contributed by atoms with Crippen molar-refractivity contribution in [1.82, 2.24) is 4.57 Å². The van der Waals surface area contributed by atoms with Crippen LogP contribution < -0.4 is 10.1 Å². The van der Waals surface area contributed by atoms with Gasteiger partial charge in [-0.15, -0.1) is 0 Å².